The van der Waals surface area contributed by atoms with Gasteiger partial charge in [-0.1, -0.05) is 11.8 Å². The fourth-order valence-electron chi connectivity index (χ4n) is 1.14. The summed E-state index contributed by atoms with van der Waals surface area (Å²) in [6.45, 7) is 0. The molecule has 0 aliphatic heterocycles. The van der Waals surface area contributed by atoms with Crippen LogP contribution in [0.15, 0.2) is 34.3 Å². The van der Waals surface area contributed by atoms with E-state index in [1.807, 2.05) is 0 Å². The number of halogens is 3. The molecule has 2 rings (SSSR count). The van der Waals surface area contributed by atoms with Crippen molar-refractivity contribution in [2.45, 2.75) is 9.92 Å². The van der Waals surface area contributed by atoms with Crippen LogP contribution < -0.4 is 11.3 Å². The quantitative estimate of drug-likeness (QED) is 0.510. The highest BCUT2D eigenvalue weighted by atomic mass is 32.2. The van der Waals surface area contributed by atoms with Crippen molar-refractivity contribution in [1.29, 1.82) is 0 Å². The summed E-state index contributed by atoms with van der Waals surface area (Å²) in [5, 5.41) is -0.0380. The zero-order valence-corrected chi connectivity index (χ0v) is 9.64. The maximum Gasteiger partial charge on any atom is 0.238 e. The molecule has 8 heteroatoms. The van der Waals surface area contributed by atoms with E-state index in [1.165, 1.54) is 6.07 Å². The number of anilines is 1. The lowest BCUT2D eigenvalue weighted by Gasteiger charge is -2.04. The van der Waals surface area contributed by atoms with Crippen molar-refractivity contribution in [2.24, 2.45) is 5.84 Å². The van der Waals surface area contributed by atoms with E-state index >= 15 is 0 Å². The van der Waals surface area contributed by atoms with E-state index in [2.05, 4.69) is 15.4 Å². The number of nitrogen functional groups attached to an aromatic ring is 1. The standard InChI is InChI=1S/C10H7F3N4S/c11-6-2-1-5(3-7(6)12)18-9-8(13)4-15-10(16-9)17-14/h1-4H,14H2,(H,15,16,17). The lowest BCUT2D eigenvalue weighted by atomic mass is 10.3. The van der Waals surface area contributed by atoms with Gasteiger partial charge >= 0.3 is 0 Å². The zero-order chi connectivity index (χ0) is 13.1. The molecule has 1 heterocycles. The summed E-state index contributed by atoms with van der Waals surface area (Å²) < 4.78 is 39.1. The molecule has 18 heavy (non-hydrogen) atoms. The Labute approximate surface area is 104 Å². The number of hydrazine groups is 1. The van der Waals surface area contributed by atoms with Crippen molar-refractivity contribution < 1.29 is 13.2 Å². The number of benzene rings is 1. The van der Waals surface area contributed by atoms with Gasteiger partial charge in [0.05, 0.1) is 6.20 Å². The number of aromatic nitrogens is 2. The second-order valence-electron chi connectivity index (χ2n) is 3.17. The molecule has 0 saturated carbocycles. The van der Waals surface area contributed by atoms with E-state index in [-0.39, 0.29) is 11.0 Å². The molecule has 94 valence electrons. The SMILES string of the molecule is NNc1ncc(F)c(Sc2ccc(F)c(F)c2)n1. The van der Waals surface area contributed by atoms with Crippen molar-refractivity contribution >= 4 is 17.7 Å². The highest BCUT2D eigenvalue weighted by Gasteiger charge is 2.10. The minimum absolute atomic E-state index is 0.0292. The lowest BCUT2D eigenvalue weighted by Crippen LogP contribution is -2.11. The van der Waals surface area contributed by atoms with E-state index < -0.39 is 17.5 Å². The first kappa shape index (κ1) is 12.7. The van der Waals surface area contributed by atoms with Gasteiger partial charge < -0.3 is 0 Å². The van der Waals surface area contributed by atoms with Gasteiger partial charge in [-0.15, -0.1) is 0 Å². The normalized spacial score (nSPS) is 10.4. The number of hydrogen-bond acceptors (Lipinski definition) is 5. The average molecular weight is 272 g/mol. The summed E-state index contributed by atoms with van der Waals surface area (Å²) >= 11 is 0.838. The first-order valence-electron chi connectivity index (χ1n) is 4.72. The molecule has 0 fully saturated rings. The van der Waals surface area contributed by atoms with Crippen LogP contribution >= 0.6 is 11.8 Å². The highest BCUT2D eigenvalue weighted by molar-refractivity contribution is 7.99. The first-order valence-corrected chi connectivity index (χ1v) is 5.54. The number of nitrogens with one attached hydrogen (secondary N) is 1. The number of nitrogens with zero attached hydrogens (tertiary/aromatic N) is 2. The van der Waals surface area contributed by atoms with E-state index in [1.54, 1.807) is 0 Å². The molecule has 0 unspecified atom stereocenters. The van der Waals surface area contributed by atoms with Crippen LogP contribution in [-0.2, 0) is 0 Å². The molecule has 0 aliphatic rings. The number of rotatable bonds is 3. The summed E-state index contributed by atoms with van der Waals surface area (Å²) in [5.74, 6) is 2.47. The molecule has 0 spiro atoms. The third-order valence-electron chi connectivity index (χ3n) is 1.95. The van der Waals surface area contributed by atoms with Gasteiger partial charge in [0.1, 0.15) is 5.03 Å². The average Bonchev–Trinajstić information content (AvgIpc) is 2.36. The fraction of sp³-hybridized carbons (Fsp3) is 0. The van der Waals surface area contributed by atoms with Gasteiger partial charge in [0.15, 0.2) is 17.5 Å². The molecular formula is C10H7F3N4S. The maximum atomic E-state index is 13.4. The summed E-state index contributed by atoms with van der Waals surface area (Å²) in [6.07, 6.45) is 0.935. The second-order valence-corrected chi connectivity index (χ2v) is 4.23. The molecule has 0 saturated heterocycles. The summed E-state index contributed by atoms with van der Waals surface area (Å²) in [5.41, 5.74) is 2.16. The molecule has 1 aromatic heterocycles. The van der Waals surface area contributed by atoms with Crippen LogP contribution in [0, 0.1) is 17.5 Å². The van der Waals surface area contributed by atoms with Crippen LogP contribution in [0.25, 0.3) is 0 Å². The van der Waals surface area contributed by atoms with Gasteiger partial charge in [0.25, 0.3) is 0 Å². The van der Waals surface area contributed by atoms with Gasteiger partial charge in [0.2, 0.25) is 5.95 Å². The number of nitrogens with two attached hydrogens (primary N) is 1. The summed E-state index contributed by atoms with van der Waals surface area (Å²) in [6, 6.07) is 3.23. The topological polar surface area (TPSA) is 63.8 Å². The Morgan fingerprint density at radius 1 is 1.11 bits per heavy atom. The van der Waals surface area contributed by atoms with Crippen LogP contribution in [0.4, 0.5) is 19.1 Å². The minimum atomic E-state index is -1.01. The van der Waals surface area contributed by atoms with Crippen molar-refractivity contribution in [3.8, 4) is 0 Å². The first-order chi connectivity index (χ1) is 8.60. The van der Waals surface area contributed by atoms with E-state index in [4.69, 9.17) is 5.84 Å². The van der Waals surface area contributed by atoms with Gasteiger partial charge in [-0.05, 0) is 18.2 Å². The molecule has 1 aromatic carbocycles. The Morgan fingerprint density at radius 3 is 2.56 bits per heavy atom. The Morgan fingerprint density at radius 2 is 1.89 bits per heavy atom. The van der Waals surface area contributed by atoms with Crippen LogP contribution in [0.5, 0.6) is 0 Å². The Balaban J connectivity index is 2.30. The molecule has 0 atom stereocenters. The smallest absolute Gasteiger partial charge is 0.238 e. The molecule has 0 aliphatic carbocycles. The molecule has 3 N–H and O–H groups in total. The molecule has 0 radical (unpaired) electrons. The monoisotopic (exact) mass is 272 g/mol. The fourth-order valence-corrected chi connectivity index (χ4v) is 1.95. The predicted octanol–water partition coefficient (Wildman–Crippen LogP) is 2.33. The zero-order valence-electron chi connectivity index (χ0n) is 8.82. The van der Waals surface area contributed by atoms with Gasteiger partial charge in [0, 0.05) is 4.90 Å². The van der Waals surface area contributed by atoms with Crippen molar-refractivity contribution in [2.75, 3.05) is 5.43 Å². The lowest BCUT2D eigenvalue weighted by molar-refractivity contribution is 0.506. The summed E-state index contributed by atoms with van der Waals surface area (Å²) in [4.78, 5) is 7.64. The maximum absolute atomic E-state index is 13.4. The Kier molecular flexibility index (Phi) is 3.68. The van der Waals surface area contributed by atoms with Crippen molar-refractivity contribution in [1.82, 2.24) is 9.97 Å². The van der Waals surface area contributed by atoms with Crippen LogP contribution in [-0.4, -0.2) is 9.97 Å². The summed E-state index contributed by atoms with van der Waals surface area (Å²) in [7, 11) is 0. The van der Waals surface area contributed by atoms with Gasteiger partial charge in [-0.25, -0.2) is 29.0 Å². The van der Waals surface area contributed by atoms with Crippen LogP contribution in [0.3, 0.4) is 0 Å². The van der Waals surface area contributed by atoms with Gasteiger partial charge in [-0.3, -0.25) is 5.43 Å². The molecule has 0 amide bonds. The Bertz CT molecular complexity index is 579. The van der Waals surface area contributed by atoms with Gasteiger partial charge in [-0.2, -0.15) is 0 Å². The molecule has 2 aromatic rings. The second kappa shape index (κ2) is 5.23. The highest BCUT2D eigenvalue weighted by Crippen LogP contribution is 2.29. The van der Waals surface area contributed by atoms with Crippen molar-refractivity contribution in [3.63, 3.8) is 0 Å². The number of hydrogen-bond donors (Lipinski definition) is 2. The third-order valence-corrected chi connectivity index (χ3v) is 2.92. The van der Waals surface area contributed by atoms with E-state index in [9.17, 15) is 13.2 Å². The van der Waals surface area contributed by atoms with Crippen molar-refractivity contribution in [3.05, 3.63) is 41.8 Å². The minimum Gasteiger partial charge on any atom is -0.292 e. The molecular weight excluding hydrogens is 265 g/mol. The Hall–Kier alpha value is -1.80. The largest absolute Gasteiger partial charge is 0.292 e. The van der Waals surface area contributed by atoms with Crippen LogP contribution in [0.2, 0.25) is 0 Å². The predicted molar refractivity (Wildman–Crippen MR) is 60.3 cm³/mol. The molecule has 4 nitrogen and oxygen atoms in total. The third kappa shape index (κ3) is 2.71. The van der Waals surface area contributed by atoms with E-state index in [0.717, 1.165) is 30.1 Å². The molecule has 0 bridgehead atoms. The van der Waals surface area contributed by atoms with Crippen LogP contribution in [0.1, 0.15) is 0 Å². The van der Waals surface area contributed by atoms with E-state index in [0.29, 0.717) is 4.90 Å².